The van der Waals surface area contributed by atoms with Crippen molar-refractivity contribution < 1.29 is 5.11 Å². The van der Waals surface area contributed by atoms with Crippen LogP contribution >= 0.6 is 23.7 Å². The van der Waals surface area contributed by atoms with E-state index in [1.807, 2.05) is 12.3 Å². The number of hydrogen-bond donors (Lipinski definition) is 2. The van der Waals surface area contributed by atoms with Gasteiger partial charge in [-0.25, -0.2) is 4.98 Å². The van der Waals surface area contributed by atoms with Gasteiger partial charge in [0.1, 0.15) is 4.70 Å². The van der Waals surface area contributed by atoms with Crippen LogP contribution in [-0.4, -0.2) is 33.9 Å². The van der Waals surface area contributed by atoms with Gasteiger partial charge < -0.3 is 10.4 Å². The number of β-amino-alcohol motifs (C(OH)–C–C–N with tert-alkyl or cyclic N) is 1. The van der Waals surface area contributed by atoms with Crippen LogP contribution in [0.15, 0.2) is 16.5 Å². The molecule has 18 heavy (non-hydrogen) atoms. The van der Waals surface area contributed by atoms with E-state index in [1.54, 1.807) is 10.9 Å². The minimum Gasteiger partial charge on any atom is -0.390 e. The van der Waals surface area contributed by atoms with E-state index in [0.29, 0.717) is 17.8 Å². The van der Waals surface area contributed by atoms with Crippen LogP contribution in [0.25, 0.3) is 10.2 Å². The Balaban J connectivity index is 0.00000120. The molecule has 7 heteroatoms. The van der Waals surface area contributed by atoms with E-state index in [9.17, 15) is 9.90 Å². The number of nitrogens with one attached hydrogen (secondary N) is 1. The summed E-state index contributed by atoms with van der Waals surface area (Å²) in [5.41, 5.74) is 1.75. The zero-order chi connectivity index (χ0) is 12.0. The van der Waals surface area contributed by atoms with E-state index >= 15 is 0 Å². The van der Waals surface area contributed by atoms with Gasteiger partial charge in [-0.15, -0.1) is 23.7 Å². The van der Waals surface area contributed by atoms with Gasteiger partial charge >= 0.3 is 0 Å². The van der Waals surface area contributed by atoms with Crippen LogP contribution in [0.5, 0.6) is 0 Å². The lowest BCUT2D eigenvalue weighted by Gasteiger charge is -2.15. The Morgan fingerprint density at radius 3 is 3.00 bits per heavy atom. The zero-order valence-corrected chi connectivity index (χ0v) is 11.4. The summed E-state index contributed by atoms with van der Waals surface area (Å²) in [7, 11) is 0. The summed E-state index contributed by atoms with van der Waals surface area (Å²) in [4.78, 5) is 16.6. The van der Waals surface area contributed by atoms with Gasteiger partial charge in [-0.05, 0) is 17.9 Å². The minimum atomic E-state index is -0.520. The molecule has 1 saturated heterocycles. The molecule has 0 radical (unpaired) electrons. The molecular weight excluding hydrogens is 274 g/mol. The van der Waals surface area contributed by atoms with Crippen LogP contribution in [0.1, 0.15) is 11.6 Å². The van der Waals surface area contributed by atoms with Crippen molar-refractivity contribution in [3.8, 4) is 0 Å². The summed E-state index contributed by atoms with van der Waals surface area (Å²) in [6, 6.07) is -0.207. The van der Waals surface area contributed by atoms with Gasteiger partial charge in [-0.2, -0.15) is 0 Å². The van der Waals surface area contributed by atoms with Crippen molar-refractivity contribution in [3.05, 3.63) is 27.6 Å². The van der Waals surface area contributed by atoms with Crippen molar-refractivity contribution in [3.63, 3.8) is 0 Å². The Labute approximate surface area is 114 Å². The molecular formula is C11H14ClN3O2S. The lowest BCUT2D eigenvalue weighted by atomic mass is 10.2. The average Bonchev–Trinajstić information content (AvgIpc) is 2.88. The molecule has 2 atom stereocenters. The lowest BCUT2D eigenvalue weighted by Crippen LogP contribution is -2.31. The number of thiophene rings is 1. The van der Waals surface area contributed by atoms with Crippen molar-refractivity contribution in [2.75, 3.05) is 13.1 Å². The Bertz CT molecular complexity index is 624. The largest absolute Gasteiger partial charge is 0.390 e. The van der Waals surface area contributed by atoms with Crippen LogP contribution < -0.4 is 10.9 Å². The number of aromatic nitrogens is 2. The third-order valence-corrected chi connectivity index (χ3v) is 4.27. The molecule has 2 aromatic heterocycles. The zero-order valence-electron chi connectivity index (χ0n) is 9.79. The Morgan fingerprint density at radius 2 is 2.33 bits per heavy atom. The molecule has 5 nitrogen and oxygen atoms in total. The molecule has 0 saturated carbocycles. The van der Waals surface area contributed by atoms with Crippen LogP contribution in [-0.2, 0) is 0 Å². The van der Waals surface area contributed by atoms with Crippen molar-refractivity contribution in [1.29, 1.82) is 0 Å². The molecule has 0 amide bonds. The molecule has 0 bridgehead atoms. The van der Waals surface area contributed by atoms with Crippen molar-refractivity contribution in [1.82, 2.24) is 14.9 Å². The number of aliphatic hydroxyl groups is 1. The average molecular weight is 288 g/mol. The molecule has 98 valence electrons. The first-order chi connectivity index (χ1) is 8.18. The molecule has 0 unspecified atom stereocenters. The van der Waals surface area contributed by atoms with Crippen LogP contribution in [0, 0.1) is 6.92 Å². The van der Waals surface area contributed by atoms with E-state index < -0.39 is 6.10 Å². The molecule has 0 aliphatic carbocycles. The number of aliphatic hydroxyl groups excluding tert-OH is 1. The van der Waals surface area contributed by atoms with Gasteiger partial charge in [-0.3, -0.25) is 9.36 Å². The Kier molecular flexibility index (Phi) is 3.72. The molecule has 3 heterocycles. The highest BCUT2D eigenvalue weighted by Gasteiger charge is 2.28. The summed E-state index contributed by atoms with van der Waals surface area (Å²) < 4.78 is 2.22. The van der Waals surface area contributed by atoms with Crippen molar-refractivity contribution in [2.24, 2.45) is 0 Å². The molecule has 1 aliphatic heterocycles. The minimum absolute atomic E-state index is 0. The van der Waals surface area contributed by atoms with E-state index in [-0.39, 0.29) is 24.0 Å². The third-order valence-electron chi connectivity index (χ3n) is 3.19. The Morgan fingerprint density at radius 1 is 1.56 bits per heavy atom. The molecule has 2 aromatic rings. The molecule has 2 N–H and O–H groups in total. The first kappa shape index (κ1) is 13.5. The highest BCUT2D eigenvalue weighted by Crippen LogP contribution is 2.21. The fourth-order valence-electron chi connectivity index (χ4n) is 2.21. The van der Waals surface area contributed by atoms with Crippen LogP contribution in [0.4, 0.5) is 0 Å². The molecule has 1 fully saturated rings. The second-order valence-corrected chi connectivity index (χ2v) is 5.23. The smallest absolute Gasteiger partial charge is 0.271 e. The first-order valence-electron chi connectivity index (χ1n) is 5.52. The summed E-state index contributed by atoms with van der Waals surface area (Å²) in [5, 5.41) is 14.8. The SMILES string of the molecule is Cc1csc2c(=O)n([C@@H]3CNC[C@H]3O)cnc12.Cl. The van der Waals surface area contributed by atoms with E-state index in [1.165, 1.54) is 11.3 Å². The predicted octanol–water partition coefficient (Wildman–Crippen LogP) is 0.693. The van der Waals surface area contributed by atoms with E-state index in [2.05, 4.69) is 10.3 Å². The standard InChI is InChI=1S/C11H13N3O2S.ClH/c1-6-4-17-10-9(6)13-5-14(11(10)16)7-2-12-3-8(7)15;/h4-5,7-8,12,15H,2-3H2,1H3;1H/t7-,8-;/m1./s1. The quantitative estimate of drug-likeness (QED) is 0.810. The van der Waals surface area contributed by atoms with Crippen molar-refractivity contribution >= 4 is 34.0 Å². The van der Waals surface area contributed by atoms with Gasteiger partial charge in [0.05, 0.1) is 24.0 Å². The molecule has 3 rings (SSSR count). The number of rotatable bonds is 1. The topological polar surface area (TPSA) is 67.2 Å². The maximum Gasteiger partial charge on any atom is 0.271 e. The highest BCUT2D eigenvalue weighted by molar-refractivity contribution is 7.17. The number of nitrogens with zero attached hydrogens (tertiary/aromatic N) is 2. The fraction of sp³-hybridized carbons (Fsp3) is 0.455. The fourth-order valence-corrected chi connectivity index (χ4v) is 3.15. The lowest BCUT2D eigenvalue weighted by molar-refractivity contribution is 0.149. The molecule has 0 aromatic carbocycles. The summed E-state index contributed by atoms with van der Waals surface area (Å²) in [6.07, 6.45) is 1.03. The second kappa shape index (κ2) is 4.97. The number of aryl methyl sites for hydroxylation is 1. The normalized spacial score (nSPS) is 23.2. The highest BCUT2D eigenvalue weighted by atomic mass is 35.5. The second-order valence-electron chi connectivity index (χ2n) is 4.35. The van der Waals surface area contributed by atoms with Crippen LogP contribution in [0.3, 0.4) is 0 Å². The Hall–Kier alpha value is -0.950. The third kappa shape index (κ3) is 1.95. The van der Waals surface area contributed by atoms with Crippen molar-refractivity contribution in [2.45, 2.75) is 19.1 Å². The van der Waals surface area contributed by atoms with Crippen LogP contribution in [0.2, 0.25) is 0 Å². The summed E-state index contributed by atoms with van der Waals surface area (Å²) >= 11 is 1.42. The molecule has 0 spiro atoms. The van der Waals surface area contributed by atoms with Gasteiger partial charge in [0.15, 0.2) is 0 Å². The summed E-state index contributed by atoms with van der Waals surface area (Å²) in [6.45, 7) is 3.08. The summed E-state index contributed by atoms with van der Waals surface area (Å²) in [5.74, 6) is 0. The predicted molar refractivity (Wildman–Crippen MR) is 73.8 cm³/mol. The van der Waals surface area contributed by atoms with Gasteiger partial charge in [-0.1, -0.05) is 0 Å². The van der Waals surface area contributed by atoms with Gasteiger partial charge in [0, 0.05) is 13.1 Å². The van der Waals surface area contributed by atoms with Gasteiger partial charge in [0.25, 0.3) is 5.56 Å². The first-order valence-corrected chi connectivity index (χ1v) is 6.40. The van der Waals surface area contributed by atoms with Gasteiger partial charge in [0.2, 0.25) is 0 Å². The maximum atomic E-state index is 12.3. The molecule has 1 aliphatic rings. The number of hydrogen-bond acceptors (Lipinski definition) is 5. The monoisotopic (exact) mass is 287 g/mol. The van der Waals surface area contributed by atoms with E-state index in [4.69, 9.17) is 0 Å². The number of halogens is 1. The maximum absolute atomic E-state index is 12.3. The number of fused-ring (bicyclic) bond motifs is 1. The van der Waals surface area contributed by atoms with E-state index in [0.717, 1.165) is 11.1 Å².